The smallest absolute Gasteiger partial charge is 0.187 e. The van der Waals surface area contributed by atoms with Crippen molar-refractivity contribution in [3.63, 3.8) is 0 Å². The van der Waals surface area contributed by atoms with Crippen LogP contribution in [0.2, 0.25) is 19.1 Å². The zero-order valence-corrected chi connectivity index (χ0v) is 12.3. The highest BCUT2D eigenvalue weighted by molar-refractivity contribution is 14.1. The molecule has 0 aromatic heterocycles. The minimum Gasteiger partial charge on any atom is -0.411 e. The third-order valence-corrected chi connectivity index (χ3v) is 7.76. The van der Waals surface area contributed by atoms with E-state index < -0.39 is 8.32 Å². The molecule has 0 aliphatic carbocycles. The number of alkyl halides is 1. The molecule has 0 bridgehead atoms. The Hall–Kier alpha value is 0.907. The maximum Gasteiger partial charge on any atom is 0.187 e. The Bertz CT molecular complexity index is 184. The number of halogens is 1. The molecule has 78 valence electrons. The molecule has 0 spiro atoms. The standard InChI is InChI=1S/C10H21IOSi/c1-5-9(11)10(2)7-6-8-13(3,4)12-10/h9H,5-8H2,1-4H3. The van der Waals surface area contributed by atoms with Crippen molar-refractivity contribution in [1.29, 1.82) is 0 Å². The van der Waals surface area contributed by atoms with E-state index in [1.165, 1.54) is 25.3 Å². The van der Waals surface area contributed by atoms with Crippen LogP contribution in [0.3, 0.4) is 0 Å². The monoisotopic (exact) mass is 312 g/mol. The van der Waals surface area contributed by atoms with E-state index in [1.54, 1.807) is 0 Å². The predicted molar refractivity (Wildman–Crippen MR) is 69.1 cm³/mol. The second kappa shape index (κ2) is 4.19. The fraction of sp³-hybridized carbons (Fsp3) is 1.00. The number of rotatable bonds is 2. The van der Waals surface area contributed by atoms with Gasteiger partial charge in [0.25, 0.3) is 0 Å². The first kappa shape index (κ1) is 12.0. The Morgan fingerprint density at radius 3 is 2.62 bits per heavy atom. The van der Waals surface area contributed by atoms with Gasteiger partial charge in [0, 0.05) is 3.92 Å². The van der Waals surface area contributed by atoms with Crippen molar-refractivity contribution in [1.82, 2.24) is 0 Å². The summed E-state index contributed by atoms with van der Waals surface area (Å²) in [5.74, 6) is 0. The summed E-state index contributed by atoms with van der Waals surface area (Å²) in [5, 5.41) is 0. The summed E-state index contributed by atoms with van der Waals surface area (Å²) in [6.45, 7) is 9.27. The van der Waals surface area contributed by atoms with Crippen LogP contribution in [0, 0.1) is 0 Å². The second-order valence-corrected chi connectivity index (χ2v) is 10.6. The zero-order valence-electron chi connectivity index (χ0n) is 9.19. The van der Waals surface area contributed by atoms with Crippen molar-refractivity contribution >= 4 is 30.9 Å². The largest absolute Gasteiger partial charge is 0.411 e. The van der Waals surface area contributed by atoms with Gasteiger partial charge >= 0.3 is 0 Å². The maximum absolute atomic E-state index is 6.35. The fourth-order valence-corrected chi connectivity index (χ4v) is 5.57. The fourth-order valence-electron chi connectivity index (χ4n) is 2.25. The molecule has 1 heterocycles. The van der Waals surface area contributed by atoms with E-state index in [1.807, 2.05) is 0 Å². The van der Waals surface area contributed by atoms with Crippen LogP contribution in [-0.4, -0.2) is 17.8 Å². The van der Waals surface area contributed by atoms with Crippen LogP contribution in [0.5, 0.6) is 0 Å². The molecule has 0 radical (unpaired) electrons. The van der Waals surface area contributed by atoms with Gasteiger partial charge in [-0.05, 0) is 38.9 Å². The molecule has 2 atom stereocenters. The predicted octanol–water partition coefficient (Wildman–Crippen LogP) is 3.97. The van der Waals surface area contributed by atoms with Gasteiger partial charge in [0.15, 0.2) is 8.32 Å². The Kier molecular flexibility index (Phi) is 3.86. The summed E-state index contributed by atoms with van der Waals surface area (Å²) in [7, 11) is -1.31. The first-order valence-corrected chi connectivity index (χ1v) is 9.60. The van der Waals surface area contributed by atoms with Crippen molar-refractivity contribution in [2.75, 3.05) is 0 Å². The lowest BCUT2D eigenvalue weighted by molar-refractivity contribution is 0.0541. The van der Waals surface area contributed by atoms with Crippen molar-refractivity contribution in [2.45, 2.75) is 61.8 Å². The van der Waals surface area contributed by atoms with Crippen LogP contribution >= 0.6 is 22.6 Å². The molecule has 0 N–H and O–H groups in total. The molecule has 1 fully saturated rings. The van der Waals surface area contributed by atoms with E-state index in [2.05, 4.69) is 49.5 Å². The van der Waals surface area contributed by atoms with Crippen molar-refractivity contribution < 1.29 is 4.43 Å². The molecule has 1 saturated heterocycles. The van der Waals surface area contributed by atoms with Gasteiger partial charge in [0.2, 0.25) is 0 Å². The van der Waals surface area contributed by atoms with Crippen LogP contribution in [0.1, 0.15) is 33.1 Å². The number of hydrogen-bond acceptors (Lipinski definition) is 1. The lowest BCUT2D eigenvalue weighted by atomic mass is 9.95. The topological polar surface area (TPSA) is 9.23 Å². The molecule has 1 nitrogen and oxygen atoms in total. The van der Waals surface area contributed by atoms with E-state index in [-0.39, 0.29) is 5.60 Å². The quantitative estimate of drug-likeness (QED) is 0.426. The van der Waals surface area contributed by atoms with E-state index in [4.69, 9.17) is 4.43 Å². The molecule has 1 aliphatic rings. The highest BCUT2D eigenvalue weighted by Crippen LogP contribution is 2.39. The van der Waals surface area contributed by atoms with Gasteiger partial charge in [-0.3, -0.25) is 0 Å². The van der Waals surface area contributed by atoms with Crippen LogP contribution in [0.4, 0.5) is 0 Å². The summed E-state index contributed by atoms with van der Waals surface area (Å²) in [4.78, 5) is 0. The molecular weight excluding hydrogens is 291 g/mol. The Balaban J connectivity index is 2.68. The summed E-state index contributed by atoms with van der Waals surface area (Å²) < 4.78 is 7.02. The second-order valence-electron chi connectivity index (χ2n) is 4.90. The number of hydrogen-bond donors (Lipinski definition) is 0. The van der Waals surface area contributed by atoms with Crippen LogP contribution in [-0.2, 0) is 4.43 Å². The van der Waals surface area contributed by atoms with Crippen molar-refractivity contribution in [2.24, 2.45) is 0 Å². The van der Waals surface area contributed by atoms with E-state index in [9.17, 15) is 0 Å². The summed E-state index contributed by atoms with van der Waals surface area (Å²) in [6.07, 6.45) is 3.85. The molecular formula is C10H21IOSi. The summed E-state index contributed by atoms with van der Waals surface area (Å²) in [6, 6.07) is 1.34. The Morgan fingerprint density at radius 2 is 2.15 bits per heavy atom. The van der Waals surface area contributed by atoms with Gasteiger partial charge in [-0.1, -0.05) is 35.9 Å². The van der Waals surface area contributed by atoms with Crippen molar-refractivity contribution in [3.05, 3.63) is 0 Å². The molecule has 13 heavy (non-hydrogen) atoms. The van der Waals surface area contributed by atoms with Gasteiger partial charge in [-0.15, -0.1) is 0 Å². The molecule has 0 aromatic carbocycles. The SMILES string of the molecule is CCC(I)C1(C)CCC[Si](C)(C)O1. The first-order chi connectivity index (χ1) is 5.90. The Labute approximate surface area is 96.9 Å². The third kappa shape index (κ3) is 2.93. The van der Waals surface area contributed by atoms with Crippen LogP contribution < -0.4 is 0 Å². The van der Waals surface area contributed by atoms with Gasteiger partial charge in [-0.2, -0.15) is 0 Å². The van der Waals surface area contributed by atoms with E-state index >= 15 is 0 Å². The van der Waals surface area contributed by atoms with E-state index in [0.717, 1.165) is 0 Å². The first-order valence-electron chi connectivity index (χ1n) is 5.24. The Morgan fingerprint density at radius 1 is 1.54 bits per heavy atom. The third-order valence-electron chi connectivity index (χ3n) is 2.98. The minimum absolute atomic E-state index is 0.170. The lowest BCUT2D eigenvalue weighted by Gasteiger charge is -2.45. The average molecular weight is 312 g/mol. The summed E-state index contributed by atoms with van der Waals surface area (Å²) in [5.41, 5.74) is 0.170. The molecule has 0 aromatic rings. The highest BCUT2D eigenvalue weighted by Gasteiger charge is 2.42. The maximum atomic E-state index is 6.35. The van der Waals surface area contributed by atoms with Gasteiger partial charge in [0.05, 0.1) is 5.60 Å². The van der Waals surface area contributed by atoms with E-state index in [0.29, 0.717) is 3.92 Å². The van der Waals surface area contributed by atoms with Gasteiger partial charge in [0.1, 0.15) is 0 Å². The molecule has 0 saturated carbocycles. The highest BCUT2D eigenvalue weighted by atomic mass is 127. The van der Waals surface area contributed by atoms with Crippen LogP contribution in [0.15, 0.2) is 0 Å². The molecule has 2 unspecified atom stereocenters. The molecule has 1 rings (SSSR count). The normalized spacial score (nSPS) is 35.8. The van der Waals surface area contributed by atoms with Crippen LogP contribution in [0.25, 0.3) is 0 Å². The van der Waals surface area contributed by atoms with Gasteiger partial charge in [-0.25, -0.2) is 0 Å². The average Bonchev–Trinajstić information content (AvgIpc) is 2.00. The lowest BCUT2D eigenvalue weighted by Crippen LogP contribution is -2.51. The van der Waals surface area contributed by atoms with Gasteiger partial charge < -0.3 is 4.43 Å². The molecule has 0 amide bonds. The van der Waals surface area contributed by atoms with Crippen molar-refractivity contribution in [3.8, 4) is 0 Å². The molecule has 1 aliphatic heterocycles. The summed E-state index contributed by atoms with van der Waals surface area (Å²) >= 11 is 2.56. The molecule has 3 heteroatoms. The minimum atomic E-state index is -1.31. The zero-order chi connectivity index (χ0) is 10.1.